The van der Waals surface area contributed by atoms with E-state index in [2.05, 4.69) is 4.99 Å². The van der Waals surface area contributed by atoms with E-state index >= 15 is 0 Å². The zero-order valence-corrected chi connectivity index (χ0v) is 5.79. The SMILES string of the molecule is C/C=C(/C=O)N=CCC. The Morgan fingerprint density at radius 2 is 2.33 bits per heavy atom. The van der Waals surface area contributed by atoms with E-state index < -0.39 is 0 Å². The first-order valence-corrected chi connectivity index (χ1v) is 2.99. The summed E-state index contributed by atoms with van der Waals surface area (Å²) in [6, 6.07) is 0. The molecule has 0 spiro atoms. The van der Waals surface area contributed by atoms with Crippen LogP contribution in [-0.4, -0.2) is 12.5 Å². The van der Waals surface area contributed by atoms with Crippen LogP contribution < -0.4 is 0 Å². The summed E-state index contributed by atoms with van der Waals surface area (Å²) in [4.78, 5) is 13.9. The number of allylic oxidation sites excluding steroid dienone is 2. The van der Waals surface area contributed by atoms with Crippen LogP contribution in [0, 0.1) is 0 Å². The summed E-state index contributed by atoms with van der Waals surface area (Å²) in [7, 11) is 0. The van der Waals surface area contributed by atoms with Gasteiger partial charge in [-0.1, -0.05) is 13.0 Å². The molecule has 0 N–H and O–H groups in total. The summed E-state index contributed by atoms with van der Waals surface area (Å²) < 4.78 is 0. The van der Waals surface area contributed by atoms with Crippen molar-refractivity contribution in [1.82, 2.24) is 0 Å². The molecule has 0 aromatic heterocycles. The fraction of sp³-hybridized carbons (Fsp3) is 0.429. The Kier molecular flexibility index (Phi) is 4.69. The van der Waals surface area contributed by atoms with Gasteiger partial charge < -0.3 is 0 Å². The number of hydrogen-bond donors (Lipinski definition) is 0. The van der Waals surface area contributed by atoms with Crippen LogP contribution in [0.5, 0.6) is 0 Å². The molecule has 0 rings (SSSR count). The predicted molar refractivity (Wildman–Crippen MR) is 38.6 cm³/mol. The minimum atomic E-state index is 0.497. The molecule has 0 aliphatic heterocycles. The van der Waals surface area contributed by atoms with E-state index in [1.807, 2.05) is 6.92 Å². The Morgan fingerprint density at radius 3 is 2.67 bits per heavy atom. The maximum Gasteiger partial charge on any atom is 0.168 e. The number of hydrogen-bond acceptors (Lipinski definition) is 2. The first kappa shape index (κ1) is 8.08. The Morgan fingerprint density at radius 1 is 1.67 bits per heavy atom. The van der Waals surface area contributed by atoms with E-state index in [0.717, 1.165) is 12.7 Å². The molecule has 0 saturated carbocycles. The van der Waals surface area contributed by atoms with Crippen molar-refractivity contribution in [3.8, 4) is 0 Å². The van der Waals surface area contributed by atoms with Crippen LogP contribution in [0.25, 0.3) is 0 Å². The van der Waals surface area contributed by atoms with Gasteiger partial charge in [0.2, 0.25) is 0 Å². The molecule has 0 radical (unpaired) electrons. The number of aliphatic imine (C=N–C) groups is 1. The van der Waals surface area contributed by atoms with Crippen molar-refractivity contribution in [2.75, 3.05) is 0 Å². The van der Waals surface area contributed by atoms with E-state index in [1.54, 1.807) is 19.2 Å². The number of carbonyl (C=O) groups is 1. The zero-order chi connectivity index (χ0) is 7.11. The maximum atomic E-state index is 10.1. The first-order valence-electron chi connectivity index (χ1n) is 2.99. The maximum absolute atomic E-state index is 10.1. The summed E-state index contributed by atoms with van der Waals surface area (Å²) in [5.41, 5.74) is 0.497. The molecule has 0 unspecified atom stereocenters. The van der Waals surface area contributed by atoms with Gasteiger partial charge in [0.25, 0.3) is 0 Å². The first-order chi connectivity index (χ1) is 4.35. The molecule has 0 aromatic rings. The minimum absolute atomic E-state index is 0.497. The number of nitrogens with zero attached hydrogens (tertiary/aromatic N) is 1. The van der Waals surface area contributed by atoms with Crippen molar-refractivity contribution < 1.29 is 4.79 Å². The number of rotatable bonds is 3. The van der Waals surface area contributed by atoms with Crippen molar-refractivity contribution in [2.45, 2.75) is 20.3 Å². The Bertz CT molecular complexity index is 136. The third kappa shape index (κ3) is 3.64. The van der Waals surface area contributed by atoms with E-state index in [4.69, 9.17) is 0 Å². The molecule has 0 fully saturated rings. The second-order valence-electron chi connectivity index (χ2n) is 1.55. The van der Waals surface area contributed by atoms with Crippen LogP contribution in [0.4, 0.5) is 0 Å². The quantitative estimate of drug-likeness (QED) is 0.320. The fourth-order valence-electron chi connectivity index (χ4n) is 0.370. The van der Waals surface area contributed by atoms with E-state index in [0.29, 0.717) is 5.70 Å². The van der Waals surface area contributed by atoms with Crippen LogP contribution in [-0.2, 0) is 4.79 Å². The van der Waals surface area contributed by atoms with Crippen LogP contribution in [0.1, 0.15) is 20.3 Å². The highest BCUT2D eigenvalue weighted by Crippen LogP contribution is 1.88. The Balaban J connectivity index is 3.84. The highest BCUT2D eigenvalue weighted by Gasteiger charge is 1.82. The summed E-state index contributed by atoms with van der Waals surface area (Å²) in [5.74, 6) is 0. The average molecular weight is 125 g/mol. The molecule has 0 atom stereocenters. The van der Waals surface area contributed by atoms with Gasteiger partial charge in [0.15, 0.2) is 6.29 Å². The predicted octanol–water partition coefficient (Wildman–Crippen LogP) is 1.57. The van der Waals surface area contributed by atoms with Crippen molar-refractivity contribution in [3.63, 3.8) is 0 Å². The topological polar surface area (TPSA) is 29.4 Å². The smallest absolute Gasteiger partial charge is 0.168 e. The Hall–Kier alpha value is -0.920. The van der Waals surface area contributed by atoms with Gasteiger partial charge in [-0.2, -0.15) is 0 Å². The second kappa shape index (κ2) is 5.22. The third-order valence-electron chi connectivity index (χ3n) is 0.839. The molecule has 9 heavy (non-hydrogen) atoms. The fourth-order valence-corrected chi connectivity index (χ4v) is 0.370. The van der Waals surface area contributed by atoms with Gasteiger partial charge >= 0.3 is 0 Å². The lowest BCUT2D eigenvalue weighted by Crippen LogP contribution is -1.78. The molecule has 0 bridgehead atoms. The zero-order valence-electron chi connectivity index (χ0n) is 5.79. The number of carbonyl (C=O) groups excluding carboxylic acids is 1. The van der Waals surface area contributed by atoms with Crippen LogP contribution >= 0.6 is 0 Å². The normalized spacial score (nSPS) is 12.4. The van der Waals surface area contributed by atoms with Gasteiger partial charge in [0.05, 0.1) is 5.70 Å². The summed E-state index contributed by atoms with van der Waals surface area (Å²) in [6.45, 7) is 3.76. The summed E-state index contributed by atoms with van der Waals surface area (Å²) in [6.07, 6.45) is 5.00. The lowest BCUT2D eigenvalue weighted by Gasteiger charge is -1.83. The molecule has 0 aromatic carbocycles. The monoisotopic (exact) mass is 125 g/mol. The van der Waals surface area contributed by atoms with Gasteiger partial charge in [-0.3, -0.25) is 9.79 Å². The lowest BCUT2D eigenvalue weighted by atomic mass is 10.4. The van der Waals surface area contributed by atoms with Crippen LogP contribution in [0.15, 0.2) is 16.8 Å². The highest BCUT2D eigenvalue weighted by molar-refractivity contribution is 5.76. The van der Waals surface area contributed by atoms with Gasteiger partial charge in [-0.15, -0.1) is 0 Å². The molecule has 50 valence electrons. The molecular weight excluding hydrogens is 114 g/mol. The van der Waals surface area contributed by atoms with Gasteiger partial charge in [-0.05, 0) is 13.3 Å². The van der Waals surface area contributed by atoms with E-state index in [1.165, 1.54) is 0 Å². The summed E-state index contributed by atoms with van der Waals surface area (Å²) in [5, 5.41) is 0. The molecule has 0 heterocycles. The van der Waals surface area contributed by atoms with Gasteiger partial charge in [0.1, 0.15) is 0 Å². The van der Waals surface area contributed by atoms with E-state index in [9.17, 15) is 4.79 Å². The highest BCUT2D eigenvalue weighted by atomic mass is 16.1. The molecule has 0 saturated heterocycles. The van der Waals surface area contributed by atoms with Crippen molar-refractivity contribution in [3.05, 3.63) is 11.8 Å². The van der Waals surface area contributed by atoms with Crippen molar-refractivity contribution in [1.29, 1.82) is 0 Å². The van der Waals surface area contributed by atoms with Crippen molar-refractivity contribution in [2.24, 2.45) is 4.99 Å². The second-order valence-corrected chi connectivity index (χ2v) is 1.55. The van der Waals surface area contributed by atoms with Crippen LogP contribution in [0.3, 0.4) is 0 Å². The molecule has 2 heteroatoms. The Labute approximate surface area is 55.3 Å². The average Bonchev–Trinajstić information content (AvgIpc) is 1.91. The summed E-state index contributed by atoms with van der Waals surface area (Å²) >= 11 is 0. The van der Waals surface area contributed by atoms with Crippen LogP contribution in [0.2, 0.25) is 0 Å². The number of aldehydes is 1. The largest absolute Gasteiger partial charge is 0.296 e. The lowest BCUT2D eigenvalue weighted by molar-refractivity contribution is -0.104. The van der Waals surface area contributed by atoms with E-state index in [-0.39, 0.29) is 0 Å². The molecular formula is C7H11NO. The minimum Gasteiger partial charge on any atom is -0.296 e. The molecule has 0 amide bonds. The molecule has 2 nitrogen and oxygen atoms in total. The third-order valence-corrected chi connectivity index (χ3v) is 0.839. The molecule has 0 aliphatic rings. The van der Waals surface area contributed by atoms with Gasteiger partial charge in [-0.25, -0.2) is 0 Å². The standard InChI is InChI=1S/C7H11NO/c1-3-5-8-7(4-2)6-9/h4-6H,3H2,1-2H3/b7-4-,8-5?. The van der Waals surface area contributed by atoms with Gasteiger partial charge in [0, 0.05) is 6.21 Å². The molecule has 0 aliphatic carbocycles. The van der Waals surface area contributed by atoms with Crippen molar-refractivity contribution >= 4 is 12.5 Å².